The summed E-state index contributed by atoms with van der Waals surface area (Å²) in [5.74, 6) is 0. The van der Waals surface area contributed by atoms with E-state index in [0.717, 1.165) is 11.1 Å². The third kappa shape index (κ3) is 1.41. The number of benzene rings is 1. The van der Waals surface area contributed by atoms with Crippen molar-refractivity contribution in [3.05, 3.63) is 34.2 Å². The van der Waals surface area contributed by atoms with Crippen molar-refractivity contribution in [2.24, 2.45) is 5.73 Å². The van der Waals surface area contributed by atoms with Crippen LogP contribution in [0.2, 0.25) is 0 Å². The van der Waals surface area contributed by atoms with Crippen molar-refractivity contribution < 1.29 is 8.42 Å². The van der Waals surface area contributed by atoms with Gasteiger partial charge < -0.3 is 5.73 Å². The van der Waals surface area contributed by atoms with Gasteiger partial charge in [0.2, 0.25) is 9.84 Å². The Bertz CT molecular complexity index is 542. The molecule has 0 spiro atoms. The van der Waals surface area contributed by atoms with Crippen LogP contribution in [0, 0.1) is 6.92 Å². The Morgan fingerprint density at radius 2 is 2.00 bits per heavy atom. The maximum atomic E-state index is 12.0. The predicted octanol–water partition coefficient (Wildman–Crippen LogP) is 1.47. The van der Waals surface area contributed by atoms with E-state index in [0.29, 0.717) is 9.80 Å². The lowest BCUT2D eigenvalue weighted by Gasteiger charge is -2.06. The molecule has 0 aromatic heterocycles. The Labute approximate surface area is 89.5 Å². The fourth-order valence-electron chi connectivity index (χ4n) is 1.80. The highest BCUT2D eigenvalue weighted by atomic mass is 32.2. The van der Waals surface area contributed by atoms with Crippen molar-refractivity contribution in [2.45, 2.75) is 24.8 Å². The van der Waals surface area contributed by atoms with Gasteiger partial charge in [0.05, 0.1) is 9.80 Å². The van der Waals surface area contributed by atoms with E-state index < -0.39 is 15.9 Å². The Kier molecular flexibility index (Phi) is 2.20. The van der Waals surface area contributed by atoms with Crippen LogP contribution < -0.4 is 5.73 Å². The smallest absolute Gasteiger partial charge is 0.204 e. The quantitative estimate of drug-likeness (QED) is 0.784. The number of sulfone groups is 1. The molecule has 4 heteroatoms. The molecule has 0 saturated carbocycles. The summed E-state index contributed by atoms with van der Waals surface area (Å²) in [6.45, 7) is 3.58. The topological polar surface area (TPSA) is 60.2 Å². The first-order valence-electron chi connectivity index (χ1n) is 4.76. The van der Waals surface area contributed by atoms with Crippen molar-refractivity contribution in [1.82, 2.24) is 0 Å². The molecule has 1 aromatic rings. The maximum absolute atomic E-state index is 12.0. The highest BCUT2D eigenvalue weighted by Crippen LogP contribution is 2.35. The van der Waals surface area contributed by atoms with Crippen molar-refractivity contribution in [1.29, 1.82) is 0 Å². The zero-order valence-corrected chi connectivity index (χ0v) is 9.51. The lowest BCUT2D eigenvalue weighted by atomic mass is 10.1. The lowest BCUT2D eigenvalue weighted by Crippen LogP contribution is -2.21. The molecule has 3 nitrogen and oxygen atoms in total. The highest BCUT2D eigenvalue weighted by molar-refractivity contribution is 7.96. The van der Waals surface area contributed by atoms with E-state index in [4.69, 9.17) is 5.73 Å². The zero-order valence-electron chi connectivity index (χ0n) is 8.69. The van der Waals surface area contributed by atoms with E-state index in [-0.39, 0.29) is 0 Å². The summed E-state index contributed by atoms with van der Waals surface area (Å²) < 4.78 is 24.1. The van der Waals surface area contributed by atoms with Crippen LogP contribution in [0.15, 0.2) is 28.0 Å². The van der Waals surface area contributed by atoms with Crippen LogP contribution in [0.4, 0.5) is 0 Å². The fourth-order valence-corrected chi connectivity index (χ4v) is 3.58. The number of hydrogen-bond donors (Lipinski definition) is 1. The van der Waals surface area contributed by atoms with Gasteiger partial charge in [0, 0.05) is 6.04 Å². The van der Waals surface area contributed by atoms with Crippen LogP contribution in [0.3, 0.4) is 0 Å². The second-order valence-electron chi connectivity index (χ2n) is 3.83. The number of hydrogen-bond acceptors (Lipinski definition) is 3. The van der Waals surface area contributed by atoms with E-state index >= 15 is 0 Å². The van der Waals surface area contributed by atoms with E-state index in [2.05, 4.69) is 0 Å². The van der Waals surface area contributed by atoms with Crippen LogP contribution in [0.5, 0.6) is 0 Å². The summed E-state index contributed by atoms with van der Waals surface area (Å²) in [4.78, 5) is 0.696. The molecule has 1 atom stereocenters. The van der Waals surface area contributed by atoms with E-state index in [1.807, 2.05) is 13.0 Å². The molecule has 0 bridgehead atoms. The minimum absolute atomic E-state index is 0.312. The number of nitrogens with two attached hydrogens (primary N) is 1. The van der Waals surface area contributed by atoms with Crippen LogP contribution >= 0.6 is 0 Å². The molecule has 15 heavy (non-hydrogen) atoms. The summed E-state index contributed by atoms with van der Waals surface area (Å²) in [6.07, 6.45) is 1.69. The van der Waals surface area contributed by atoms with Crippen LogP contribution in [-0.2, 0) is 9.84 Å². The first-order chi connectivity index (χ1) is 6.94. The third-order valence-electron chi connectivity index (χ3n) is 2.62. The van der Waals surface area contributed by atoms with Gasteiger partial charge >= 0.3 is 0 Å². The van der Waals surface area contributed by atoms with E-state index in [1.165, 1.54) is 0 Å². The minimum Gasteiger partial charge on any atom is -0.324 e. The summed E-state index contributed by atoms with van der Waals surface area (Å²) in [5.41, 5.74) is 7.40. The highest BCUT2D eigenvalue weighted by Gasteiger charge is 2.31. The second-order valence-corrected chi connectivity index (χ2v) is 5.74. The summed E-state index contributed by atoms with van der Waals surface area (Å²) >= 11 is 0. The molecule has 0 saturated heterocycles. The first-order valence-corrected chi connectivity index (χ1v) is 6.25. The van der Waals surface area contributed by atoms with Crippen LogP contribution in [0.1, 0.15) is 18.1 Å². The van der Waals surface area contributed by atoms with Gasteiger partial charge in [-0.1, -0.05) is 12.1 Å². The second kappa shape index (κ2) is 3.18. The standard InChI is InChI=1S/C11H13NO2S/c1-7-4-3-5-10-9(7)6-11(8(2)12)15(10,13)14/h3-6,8H,12H2,1-2H3. The van der Waals surface area contributed by atoms with Gasteiger partial charge in [-0.25, -0.2) is 8.42 Å². The van der Waals surface area contributed by atoms with Gasteiger partial charge in [-0.2, -0.15) is 0 Å². The Hall–Kier alpha value is -1.13. The summed E-state index contributed by atoms with van der Waals surface area (Å²) in [6, 6.07) is 4.82. The molecular weight excluding hydrogens is 210 g/mol. The molecule has 2 rings (SSSR count). The van der Waals surface area contributed by atoms with Crippen LogP contribution in [0.25, 0.3) is 6.08 Å². The summed E-state index contributed by atoms with van der Waals surface area (Å²) in [7, 11) is -3.33. The maximum Gasteiger partial charge on any atom is 0.204 e. The first kappa shape index (κ1) is 10.4. The molecule has 0 aliphatic carbocycles. The molecule has 1 unspecified atom stereocenters. The monoisotopic (exact) mass is 223 g/mol. The molecular formula is C11H13NO2S. The average Bonchev–Trinajstić information content (AvgIpc) is 2.40. The van der Waals surface area contributed by atoms with Gasteiger partial charge in [0.1, 0.15) is 0 Å². The van der Waals surface area contributed by atoms with E-state index in [9.17, 15) is 8.42 Å². The number of rotatable bonds is 1. The molecule has 0 fully saturated rings. The Morgan fingerprint density at radius 3 is 2.53 bits per heavy atom. The van der Waals surface area contributed by atoms with Crippen molar-refractivity contribution in [3.63, 3.8) is 0 Å². The lowest BCUT2D eigenvalue weighted by molar-refractivity contribution is 0.600. The third-order valence-corrected chi connectivity index (χ3v) is 4.66. The van der Waals surface area contributed by atoms with Crippen molar-refractivity contribution in [2.75, 3.05) is 0 Å². The molecule has 2 N–H and O–H groups in total. The van der Waals surface area contributed by atoms with E-state index in [1.54, 1.807) is 25.1 Å². The van der Waals surface area contributed by atoms with Gasteiger partial charge in [0.25, 0.3) is 0 Å². The molecule has 1 aliphatic rings. The average molecular weight is 223 g/mol. The molecule has 80 valence electrons. The van der Waals surface area contributed by atoms with Crippen molar-refractivity contribution in [3.8, 4) is 0 Å². The Morgan fingerprint density at radius 1 is 1.33 bits per heavy atom. The molecule has 1 heterocycles. The largest absolute Gasteiger partial charge is 0.324 e. The molecule has 1 aliphatic heterocycles. The van der Waals surface area contributed by atoms with Crippen LogP contribution in [-0.4, -0.2) is 14.5 Å². The zero-order chi connectivity index (χ0) is 11.2. The Balaban J connectivity index is 2.75. The molecule has 1 aromatic carbocycles. The SMILES string of the molecule is Cc1cccc2c1C=C(C(C)N)S2(=O)=O. The molecule has 0 amide bonds. The van der Waals surface area contributed by atoms with Crippen molar-refractivity contribution >= 4 is 15.9 Å². The van der Waals surface area contributed by atoms with Gasteiger partial charge in [-0.15, -0.1) is 0 Å². The summed E-state index contributed by atoms with van der Waals surface area (Å²) in [5, 5.41) is 0. The predicted molar refractivity (Wildman–Crippen MR) is 60.0 cm³/mol. The number of aryl methyl sites for hydroxylation is 1. The fraction of sp³-hybridized carbons (Fsp3) is 0.273. The van der Waals surface area contributed by atoms with Gasteiger partial charge in [-0.05, 0) is 37.1 Å². The van der Waals surface area contributed by atoms with Gasteiger partial charge in [-0.3, -0.25) is 0 Å². The van der Waals surface area contributed by atoms with Gasteiger partial charge in [0.15, 0.2) is 0 Å². The molecule has 0 radical (unpaired) electrons. The normalized spacial score (nSPS) is 19.5. The minimum atomic E-state index is -3.33. The number of fused-ring (bicyclic) bond motifs is 1.